The van der Waals surface area contributed by atoms with Crippen LogP contribution in [0.1, 0.15) is 54.4 Å². The Morgan fingerprint density at radius 1 is 1.17 bits per heavy atom. The highest BCUT2D eigenvalue weighted by atomic mass is 35.5. The van der Waals surface area contributed by atoms with E-state index < -0.39 is 0 Å². The van der Waals surface area contributed by atoms with Crippen molar-refractivity contribution in [3.05, 3.63) is 0 Å². The minimum atomic E-state index is -0.0497. The van der Waals surface area contributed by atoms with E-state index in [1.165, 1.54) is 6.42 Å². The molecular weight excluding hydrogens is 168 g/mol. The van der Waals surface area contributed by atoms with Gasteiger partial charge in [-0.15, -0.1) is 11.6 Å². The molecule has 0 bridgehead atoms. The lowest BCUT2D eigenvalue weighted by atomic mass is 9.74. The molecule has 0 amide bonds. The predicted octanol–water partition coefficient (Wildman–Crippen LogP) is 4.47. The molecule has 0 saturated heterocycles. The lowest BCUT2D eigenvalue weighted by Crippen LogP contribution is -2.26. The Labute approximate surface area is 82.7 Å². The van der Waals surface area contributed by atoms with Crippen LogP contribution in [0.2, 0.25) is 0 Å². The average molecular weight is 191 g/mol. The molecule has 0 aliphatic carbocycles. The first-order chi connectivity index (χ1) is 5.19. The molecule has 0 heterocycles. The highest BCUT2D eigenvalue weighted by Crippen LogP contribution is 2.37. The minimum Gasteiger partial charge on any atom is -0.120 e. The summed E-state index contributed by atoms with van der Waals surface area (Å²) in [7, 11) is 0. The van der Waals surface area contributed by atoms with Crippen LogP contribution in [0.25, 0.3) is 0 Å². The van der Waals surface area contributed by atoms with Crippen molar-refractivity contribution in [2.75, 3.05) is 0 Å². The molecule has 1 unspecified atom stereocenters. The summed E-state index contributed by atoms with van der Waals surface area (Å²) in [4.78, 5) is -0.0497. The largest absolute Gasteiger partial charge is 0.120 e. The van der Waals surface area contributed by atoms with Gasteiger partial charge in [0.1, 0.15) is 0 Å². The van der Waals surface area contributed by atoms with Gasteiger partial charge in [0, 0.05) is 4.87 Å². The Kier molecular flexibility index (Phi) is 4.10. The van der Waals surface area contributed by atoms with Crippen molar-refractivity contribution in [3.8, 4) is 0 Å². The molecule has 0 aliphatic heterocycles. The zero-order valence-corrected chi connectivity index (χ0v) is 10.1. The van der Waals surface area contributed by atoms with Crippen LogP contribution in [0.4, 0.5) is 0 Å². The second kappa shape index (κ2) is 4.00. The van der Waals surface area contributed by atoms with E-state index in [0.29, 0.717) is 11.3 Å². The third-order valence-corrected chi connectivity index (χ3v) is 3.19. The Hall–Kier alpha value is 0.290. The quantitative estimate of drug-likeness (QED) is 0.574. The summed E-state index contributed by atoms with van der Waals surface area (Å²) >= 11 is 6.19. The van der Waals surface area contributed by atoms with Gasteiger partial charge in [-0.3, -0.25) is 0 Å². The van der Waals surface area contributed by atoms with Gasteiger partial charge in [0.25, 0.3) is 0 Å². The smallest absolute Gasteiger partial charge is 0.0393 e. The molecule has 0 aliphatic rings. The zero-order valence-electron chi connectivity index (χ0n) is 9.37. The first-order valence-corrected chi connectivity index (χ1v) is 5.26. The molecule has 1 heteroatoms. The molecule has 0 nitrogen and oxygen atoms in total. The molecule has 0 radical (unpaired) electrons. The van der Waals surface area contributed by atoms with Gasteiger partial charge >= 0.3 is 0 Å². The van der Waals surface area contributed by atoms with Crippen LogP contribution in [0.15, 0.2) is 0 Å². The fourth-order valence-corrected chi connectivity index (χ4v) is 1.58. The lowest BCUT2D eigenvalue weighted by Gasteiger charge is -2.34. The Balaban J connectivity index is 4.13. The van der Waals surface area contributed by atoms with Crippen molar-refractivity contribution < 1.29 is 0 Å². The molecule has 0 N–H and O–H groups in total. The average Bonchev–Trinajstić information content (AvgIpc) is 1.84. The number of halogens is 1. The maximum atomic E-state index is 6.19. The number of hydrogen-bond donors (Lipinski definition) is 0. The van der Waals surface area contributed by atoms with E-state index in [9.17, 15) is 0 Å². The van der Waals surface area contributed by atoms with E-state index in [4.69, 9.17) is 11.6 Å². The highest BCUT2D eigenvalue weighted by Gasteiger charge is 2.28. The number of alkyl halides is 1. The molecule has 1 atom stereocenters. The third-order valence-electron chi connectivity index (χ3n) is 3.04. The molecule has 0 aromatic heterocycles. The van der Waals surface area contributed by atoms with E-state index in [1.807, 2.05) is 0 Å². The van der Waals surface area contributed by atoms with Gasteiger partial charge in [-0.1, -0.05) is 34.1 Å². The van der Waals surface area contributed by atoms with Gasteiger partial charge in [0.15, 0.2) is 0 Å². The maximum absolute atomic E-state index is 6.19. The topological polar surface area (TPSA) is 0 Å². The normalized spacial score (nSPS) is 16.2. The van der Waals surface area contributed by atoms with E-state index in [-0.39, 0.29) is 4.87 Å². The van der Waals surface area contributed by atoms with Crippen LogP contribution < -0.4 is 0 Å². The summed E-state index contributed by atoms with van der Waals surface area (Å²) in [5.74, 6) is 0.690. The minimum absolute atomic E-state index is 0.0497. The van der Waals surface area contributed by atoms with E-state index in [1.54, 1.807) is 0 Å². The first-order valence-electron chi connectivity index (χ1n) is 4.88. The molecule has 0 saturated carbocycles. The fraction of sp³-hybridized carbons (Fsp3) is 1.00. The molecular formula is C11H23Cl. The molecule has 0 spiro atoms. The summed E-state index contributed by atoms with van der Waals surface area (Å²) in [5, 5.41) is 0. The van der Waals surface area contributed by atoms with Crippen LogP contribution in [0, 0.1) is 11.3 Å². The summed E-state index contributed by atoms with van der Waals surface area (Å²) in [5.41, 5.74) is 0.423. The van der Waals surface area contributed by atoms with Crippen molar-refractivity contribution in [3.63, 3.8) is 0 Å². The molecule has 0 fully saturated rings. The Morgan fingerprint density at radius 3 is 1.83 bits per heavy atom. The molecule has 74 valence electrons. The van der Waals surface area contributed by atoms with Gasteiger partial charge in [-0.25, -0.2) is 0 Å². The second-order valence-corrected chi connectivity index (χ2v) is 6.19. The molecule has 12 heavy (non-hydrogen) atoms. The monoisotopic (exact) mass is 190 g/mol. The van der Waals surface area contributed by atoms with Crippen LogP contribution in [0.5, 0.6) is 0 Å². The summed E-state index contributed by atoms with van der Waals surface area (Å²) in [6.07, 6.45) is 2.32. The van der Waals surface area contributed by atoms with E-state index in [2.05, 4.69) is 41.5 Å². The van der Waals surface area contributed by atoms with Crippen LogP contribution in [-0.4, -0.2) is 4.87 Å². The first kappa shape index (κ1) is 12.3. The highest BCUT2D eigenvalue weighted by molar-refractivity contribution is 6.23. The van der Waals surface area contributed by atoms with Crippen LogP contribution in [-0.2, 0) is 0 Å². The van der Waals surface area contributed by atoms with Crippen LogP contribution >= 0.6 is 11.6 Å². The van der Waals surface area contributed by atoms with Gasteiger partial charge in [0.05, 0.1) is 0 Å². The van der Waals surface area contributed by atoms with E-state index in [0.717, 1.165) is 6.42 Å². The third kappa shape index (κ3) is 4.35. The SMILES string of the molecule is CCC(C)(C)C(C)CC(C)(C)Cl. The van der Waals surface area contributed by atoms with Gasteiger partial charge < -0.3 is 0 Å². The van der Waals surface area contributed by atoms with Crippen molar-refractivity contribution in [2.45, 2.75) is 59.3 Å². The number of hydrogen-bond acceptors (Lipinski definition) is 0. The molecule has 0 aromatic carbocycles. The lowest BCUT2D eigenvalue weighted by molar-refractivity contribution is 0.197. The maximum Gasteiger partial charge on any atom is 0.0393 e. The summed E-state index contributed by atoms with van der Waals surface area (Å²) < 4.78 is 0. The van der Waals surface area contributed by atoms with Crippen molar-refractivity contribution in [2.24, 2.45) is 11.3 Å². The van der Waals surface area contributed by atoms with Gasteiger partial charge in [-0.2, -0.15) is 0 Å². The van der Waals surface area contributed by atoms with Crippen LogP contribution in [0.3, 0.4) is 0 Å². The fourth-order valence-electron chi connectivity index (χ4n) is 1.35. The molecule has 0 aromatic rings. The van der Waals surface area contributed by atoms with Crippen molar-refractivity contribution in [1.29, 1.82) is 0 Å². The molecule has 0 rings (SSSR count). The number of rotatable bonds is 4. The van der Waals surface area contributed by atoms with Crippen molar-refractivity contribution >= 4 is 11.6 Å². The van der Waals surface area contributed by atoms with E-state index >= 15 is 0 Å². The Morgan fingerprint density at radius 2 is 1.58 bits per heavy atom. The standard InChI is InChI=1S/C11H23Cl/c1-7-10(3,4)9(2)8-11(5,6)12/h9H,7-8H2,1-6H3. The zero-order chi connectivity index (χ0) is 9.99. The van der Waals surface area contributed by atoms with Crippen molar-refractivity contribution in [1.82, 2.24) is 0 Å². The Bertz CT molecular complexity index is 130. The van der Waals surface area contributed by atoms with Gasteiger partial charge in [0.2, 0.25) is 0 Å². The summed E-state index contributed by atoms with van der Waals surface area (Å²) in [6.45, 7) is 13.4. The second-order valence-electron chi connectivity index (χ2n) is 5.17. The summed E-state index contributed by atoms with van der Waals surface area (Å²) in [6, 6.07) is 0. The van der Waals surface area contributed by atoms with Gasteiger partial charge in [-0.05, 0) is 31.6 Å². The predicted molar refractivity (Wildman–Crippen MR) is 57.8 cm³/mol.